The summed E-state index contributed by atoms with van der Waals surface area (Å²) in [5.41, 5.74) is 2.58. The fraction of sp³-hybridized carbons (Fsp3) is 0.182. The fourth-order valence-electron chi connectivity index (χ4n) is 2.59. The summed E-state index contributed by atoms with van der Waals surface area (Å²) in [5, 5.41) is 4.28. The Balaban J connectivity index is 1.56. The van der Waals surface area contributed by atoms with Gasteiger partial charge in [-0.2, -0.15) is 5.10 Å². The highest BCUT2D eigenvalue weighted by atomic mass is 16.5. The number of ether oxygens (including phenoxy) is 3. The Hall–Kier alpha value is -3.54. The summed E-state index contributed by atoms with van der Waals surface area (Å²) < 4.78 is 17.8. The molecule has 0 fully saturated rings. The van der Waals surface area contributed by atoms with Gasteiger partial charge in [-0.3, -0.25) is 0 Å². The van der Waals surface area contributed by atoms with Gasteiger partial charge < -0.3 is 14.2 Å². The van der Waals surface area contributed by atoms with Crippen molar-refractivity contribution in [2.24, 2.45) is 0 Å². The van der Waals surface area contributed by atoms with Gasteiger partial charge in [-0.05, 0) is 42.8 Å². The van der Waals surface area contributed by atoms with Crippen LogP contribution in [-0.4, -0.2) is 29.5 Å². The first-order valence-corrected chi connectivity index (χ1v) is 8.94. The summed E-state index contributed by atoms with van der Waals surface area (Å²) >= 11 is 0. The lowest BCUT2D eigenvalue weighted by atomic mass is 10.2. The quantitative estimate of drug-likeness (QED) is 0.437. The van der Waals surface area contributed by atoms with Crippen LogP contribution in [0.2, 0.25) is 0 Å². The molecule has 144 valence electrons. The number of methoxy groups -OCH3 is 1. The van der Waals surface area contributed by atoms with Gasteiger partial charge in [-0.15, -0.1) is 0 Å². The van der Waals surface area contributed by atoms with E-state index in [4.69, 9.17) is 14.2 Å². The molecule has 0 N–H and O–H groups in total. The second-order valence-electron chi connectivity index (χ2n) is 5.91. The highest BCUT2D eigenvalue weighted by Gasteiger charge is 2.06. The van der Waals surface area contributed by atoms with Crippen molar-refractivity contribution in [1.82, 2.24) is 9.78 Å². The minimum atomic E-state index is -0.430. The van der Waals surface area contributed by atoms with Crippen LogP contribution >= 0.6 is 0 Å². The first kappa shape index (κ1) is 19.2. The maximum absolute atomic E-state index is 12.0. The summed E-state index contributed by atoms with van der Waals surface area (Å²) in [4.78, 5) is 12.0. The molecule has 0 bridgehead atoms. The molecule has 0 aliphatic heterocycles. The lowest BCUT2D eigenvalue weighted by molar-refractivity contribution is -0.138. The van der Waals surface area contributed by atoms with E-state index < -0.39 is 5.97 Å². The number of nitrogens with zero attached hydrogens (tertiary/aromatic N) is 2. The third-order valence-electron chi connectivity index (χ3n) is 3.94. The molecule has 28 heavy (non-hydrogen) atoms. The van der Waals surface area contributed by atoms with Crippen LogP contribution in [-0.2, 0) is 16.1 Å². The van der Waals surface area contributed by atoms with Crippen LogP contribution in [0.3, 0.4) is 0 Å². The van der Waals surface area contributed by atoms with Gasteiger partial charge in [0.25, 0.3) is 0 Å². The van der Waals surface area contributed by atoms with Crippen molar-refractivity contribution in [3.05, 3.63) is 78.1 Å². The van der Waals surface area contributed by atoms with Gasteiger partial charge in [-0.1, -0.05) is 24.3 Å². The molecule has 0 aliphatic carbocycles. The lowest BCUT2D eigenvalue weighted by Gasteiger charge is -2.09. The van der Waals surface area contributed by atoms with Gasteiger partial charge in [0.2, 0.25) is 0 Å². The summed E-state index contributed by atoms with van der Waals surface area (Å²) in [6.07, 6.45) is 6.58. The van der Waals surface area contributed by atoms with Gasteiger partial charge >= 0.3 is 5.97 Å². The summed E-state index contributed by atoms with van der Waals surface area (Å²) in [7, 11) is 1.58. The van der Waals surface area contributed by atoms with Crippen molar-refractivity contribution in [2.45, 2.75) is 13.5 Å². The van der Waals surface area contributed by atoms with Crippen LogP contribution in [0.25, 0.3) is 11.8 Å². The number of esters is 1. The van der Waals surface area contributed by atoms with E-state index in [0.717, 1.165) is 16.8 Å². The van der Waals surface area contributed by atoms with Crippen molar-refractivity contribution < 1.29 is 19.0 Å². The van der Waals surface area contributed by atoms with E-state index in [1.165, 1.54) is 6.08 Å². The topological polar surface area (TPSA) is 62.6 Å². The fourth-order valence-corrected chi connectivity index (χ4v) is 2.59. The third kappa shape index (κ3) is 5.01. The molecule has 0 atom stereocenters. The van der Waals surface area contributed by atoms with E-state index in [2.05, 4.69) is 5.10 Å². The third-order valence-corrected chi connectivity index (χ3v) is 3.94. The molecule has 6 heteroatoms. The number of para-hydroxylation sites is 1. The minimum Gasteiger partial charge on any atom is -0.493 e. The van der Waals surface area contributed by atoms with Gasteiger partial charge in [0.05, 0.1) is 25.6 Å². The van der Waals surface area contributed by atoms with Crippen molar-refractivity contribution in [3.8, 4) is 17.2 Å². The zero-order valence-electron chi connectivity index (χ0n) is 15.9. The van der Waals surface area contributed by atoms with Gasteiger partial charge in [0.1, 0.15) is 6.61 Å². The normalized spacial score (nSPS) is 10.8. The van der Waals surface area contributed by atoms with Crippen LogP contribution in [0, 0.1) is 0 Å². The average Bonchev–Trinajstić information content (AvgIpc) is 3.21. The molecular formula is C22H22N2O4. The molecule has 0 aliphatic rings. The summed E-state index contributed by atoms with van der Waals surface area (Å²) in [6.45, 7) is 2.62. The number of hydrogen-bond acceptors (Lipinski definition) is 5. The maximum atomic E-state index is 12.0. The highest BCUT2D eigenvalue weighted by Crippen LogP contribution is 2.28. The van der Waals surface area contributed by atoms with Crippen molar-refractivity contribution in [2.75, 3.05) is 13.7 Å². The van der Waals surface area contributed by atoms with Crippen LogP contribution in [0.4, 0.5) is 0 Å². The minimum absolute atomic E-state index is 0.155. The molecule has 2 aromatic carbocycles. The predicted molar refractivity (Wildman–Crippen MR) is 107 cm³/mol. The largest absolute Gasteiger partial charge is 0.493 e. The van der Waals surface area contributed by atoms with Gasteiger partial charge in [0, 0.05) is 17.8 Å². The van der Waals surface area contributed by atoms with E-state index in [1.54, 1.807) is 30.1 Å². The van der Waals surface area contributed by atoms with Crippen molar-refractivity contribution in [3.63, 3.8) is 0 Å². The maximum Gasteiger partial charge on any atom is 0.331 e. The Morgan fingerprint density at radius 2 is 1.96 bits per heavy atom. The van der Waals surface area contributed by atoms with E-state index >= 15 is 0 Å². The Morgan fingerprint density at radius 1 is 1.14 bits per heavy atom. The number of carbonyl (C=O) groups excluding carboxylic acids is 1. The van der Waals surface area contributed by atoms with Crippen LogP contribution in [0.15, 0.2) is 67.0 Å². The summed E-state index contributed by atoms with van der Waals surface area (Å²) in [6, 6.07) is 15.2. The molecule has 6 nitrogen and oxygen atoms in total. The Bertz CT molecular complexity index is 948. The first-order valence-electron chi connectivity index (χ1n) is 8.94. The Kier molecular flexibility index (Phi) is 6.46. The Labute approximate surface area is 164 Å². The van der Waals surface area contributed by atoms with E-state index in [0.29, 0.717) is 18.1 Å². The standard InChI is InChI=1S/C22H22N2O4/c1-3-27-20-11-9-17(13-21(20)26-2)10-12-22(25)28-16-18-14-23-24(15-18)19-7-5-4-6-8-19/h4-15H,3,16H2,1-2H3. The summed E-state index contributed by atoms with van der Waals surface area (Å²) in [5.74, 6) is 0.853. The number of benzene rings is 2. The number of aromatic nitrogens is 2. The SMILES string of the molecule is CCOc1ccc(C=CC(=O)OCc2cnn(-c3ccccc3)c2)cc1OC. The van der Waals surface area contributed by atoms with Gasteiger partial charge in [0.15, 0.2) is 11.5 Å². The zero-order valence-corrected chi connectivity index (χ0v) is 15.9. The second kappa shape index (κ2) is 9.41. The molecule has 3 rings (SSSR count). The monoisotopic (exact) mass is 378 g/mol. The predicted octanol–water partition coefficient (Wildman–Crippen LogP) is 4.04. The molecule has 1 aromatic heterocycles. The lowest BCUT2D eigenvalue weighted by Crippen LogP contribution is -2.00. The van der Waals surface area contributed by atoms with Crippen LogP contribution in [0.5, 0.6) is 11.5 Å². The molecule has 3 aromatic rings. The average molecular weight is 378 g/mol. The number of rotatable bonds is 8. The molecule has 0 unspecified atom stereocenters. The van der Waals surface area contributed by atoms with Crippen molar-refractivity contribution in [1.29, 1.82) is 0 Å². The van der Waals surface area contributed by atoms with E-state index in [9.17, 15) is 4.79 Å². The number of hydrogen-bond donors (Lipinski definition) is 0. The van der Waals surface area contributed by atoms with Crippen LogP contribution in [0.1, 0.15) is 18.1 Å². The molecule has 0 saturated heterocycles. The number of carbonyl (C=O) groups is 1. The highest BCUT2D eigenvalue weighted by molar-refractivity contribution is 5.87. The Morgan fingerprint density at radius 3 is 2.71 bits per heavy atom. The van der Waals surface area contributed by atoms with Crippen LogP contribution < -0.4 is 9.47 Å². The molecule has 0 radical (unpaired) electrons. The molecule has 0 amide bonds. The van der Waals surface area contributed by atoms with Gasteiger partial charge in [-0.25, -0.2) is 9.48 Å². The molecule has 1 heterocycles. The molecular weight excluding hydrogens is 356 g/mol. The first-order chi connectivity index (χ1) is 13.7. The second-order valence-corrected chi connectivity index (χ2v) is 5.91. The molecule has 0 spiro atoms. The smallest absolute Gasteiger partial charge is 0.331 e. The van der Waals surface area contributed by atoms with E-state index in [-0.39, 0.29) is 6.61 Å². The molecule has 0 saturated carbocycles. The van der Waals surface area contributed by atoms with Crippen molar-refractivity contribution >= 4 is 12.0 Å². The van der Waals surface area contributed by atoms with E-state index in [1.807, 2.05) is 55.6 Å². The zero-order chi connectivity index (χ0) is 19.8.